The van der Waals surface area contributed by atoms with Crippen molar-refractivity contribution in [3.05, 3.63) is 40.2 Å². The predicted octanol–water partition coefficient (Wildman–Crippen LogP) is 2.29. The zero-order valence-electron chi connectivity index (χ0n) is 7.93. The van der Waals surface area contributed by atoms with Gasteiger partial charge in [-0.25, -0.2) is 0 Å². The van der Waals surface area contributed by atoms with Crippen LogP contribution in [-0.4, -0.2) is 4.98 Å². The molecular formula is C10H12N2OS. The quantitative estimate of drug-likeness (QED) is 0.842. The number of furan rings is 1. The lowest BCUT2D eigenvalue weighted by Crippen LogP contribution is -2.11. The van der Waals surface area contributed by atoms with E-state index in [0.29, 0.717) is 0 Å². The maximum atomic E-state index is 6.02. The Labute approximate surface area is 86.6 Å². The van der Waals surface area contributed by atoms with Gasteiger partial charge in [-0.3, -0.25) is 4.98 Å². The fourth-order valence-corrected chi connectivity index (χ4v) is 1.99. The molecule has 2 N–H and O–H groups in total. The third-order valence-electron chi connectivity index (χ3n) is 2.08. The summed E-state index contributed by atoms with van der Waals surface area (Å²) in [6.45, 7) is 1.92. The molecule has 0 bridgehead atoms. The average Bonchev–Trinajstić information content (AvgIpc) is 2.75. The third-order valence-corrected chi connectivity index (χ3v) is 2.89. The number of aromatic nitrogens is 1. The van der Waals surface area contributed by atoms with Crippen molar-refractivity contribution in [2.45, 2.75) is 19.4 Å². The molecule has 74 valence electrons. The Balaban J connectivity index is 2.06. The summed E-state index contributed by atoms with van der Waals surface area (Å²) in [6.07, 6.45) is 4.40. The second-order valence-corrected chi connectivity index (χ2v) is 4.24. The van der Waals surface area contributed by atoms with Gasteiger partial charge in [0.15, 0.2) is 0 Å². The molecule has 0 aliphatic rings. The first-order chi connectivity index (χ1) is 6.75. The lowest BCUT2D eigenvalue weighted by atomic mass is 10.1. The molecule has 14 heavy (non-hydrogen) atoms. The highest BCUT2D eigenvalue weighted by molar-refractivity contribution is 7.09. The topological polar surface area (TPSA) is 52.0 Å². The highest BCUT2D eigenvalue weighted by Gasteiger charge is 2.10. The van der Waals surface area contributed by atoms with Crippen LogP contribution in [0.5, 0.6) is 0 Å². The van der Waals surface area contributed by atoms with Gasteiger partial charge in [-0.05, 0) is 13.0 Å². The summed E-state index contributed by atoms with van der Waals surface area (Å²) in [5, 5.41) is 0. The minimum Gasteiger partial charge on any atom is -0.469 e. The van der Waals surface area contributed by atoms with Gasteiger partial charge in [0.1, 0.15) is 5.76 Å². The Morgan fingerprint density at radius 3 is 3.07 bits per heavy atom. The van der Waals surface area contributed by atoms with E-state index in [-0.39, 0.29) is 6.04 Å². The van der Waals surface area contributed by atoms with Gasteiger partial charge < -0.3 is 10.2 Å². The van der Waals surface area contributed by atoms with E-state index in [1.807, 2.05) is 24.7 Å². The first-order valence-corrected chi connectivity index (χ1v) is 5.31. The summed E-state index contributed by atoms with van der Waals surface area (Å²) in [5.41, 5.74) is 8.89. The SMILES string of the molecule is Cc1cc(C(N)Cc2cncs2)co1. The predicted molar refractivity (Wildman–Crippen MR) is 56.2 cm³/mol. The molecule has 0 fully saturated rings. The second-order valence-electron chi connectivity index (χ2n) is 3.27. The van der Waals surface area contributed by atoms with Crippen molar-refractivity contribution in [1.29, 1.82) is 0 Å². The number of nitrogens with two attached hydrogens (primary N) is 1. The molecule has 0 aliphatic carbocycles. The van der Waals surface area contributed by atoms with Gasteiger partial charge in [-0.2, -0.15) is 0 Å². The van der Waals surface area contributed by atoms with Crippen molar-refractivity contribution in [3.8, 4) is 0 Å². The fraction of sp³-hybridized carbons (Fsp3) is 0.300. The molecule has 1 atom stereocenters. The molecule has 0 saturated carbocycles. The van der Waals surface area contributed by atoms with E-state index < -0.39 is 0 Å². The van der Waals surface area contributed by atoms with Crippen LogP contribution in [0.15, 0.2) is 28.5 Å². The molecule has 2 rings (SSSR count). The normalized spacial score (nSPS) is 13.0. The van der Waals surface area contributed by atoms with Crippen molar-refractivity contribution < 1.29 is 4.42 Å². The molecule has 1 unspecified atom stereocenters. The molecule has 0 amide bonds. The van der Waals surface area contributed by atoms with Crippen LogP contribution in [0.4, 0.5) is 0 Å². The molecule has 4 heteroatoms. The van der Waals surface area contributed by atoms with Crippen LogP contribution >= 0.6 is 11.3 Å². The molecule has 2 aromatic rings. The van der Waals surface area contributed by atoms with Gasteiger partial charge >= 0.3 is 0 Å². The van der Waals surface area contributed by atoms with E-state index in [1.165, 1.54) is 4.88 Å². The zero-order chi connectivity index (χ0) is 9.97. The number of aryl methyl sites for hydroxylation is 1. The van der Waals surface area contributed by atoms with Crippen LogP contribution in [0.1, 0.15) is 22.2 Å². The highest BCUT2D eigenvalue weighted by atomic mass is 32.1. The summed E-state index contributed by atoms with van der Waals surface area (Å²) in [7, 11) is 0. The van der Waals surface area contributed by atoms with Crippen LogP contribution in [0.25, 0.3) is 0 Å². The van der Waals surface area contributed by atoms with Gasteiger partial charge in [0.2, 0.25) is 0 Å². The molecule has 0 aliphatic heterocycles. The Morgan fingerprint density at radius 2 is 2.50 bits per heavy atom. The van der Waals surface area contributed by atoms with Crippen molar-refractivity contribution in [2.75, 3.05) is 0 Å². The van der Waals surface area contributed by atoms with E-state index in [1.54, 1.807) is 17.6 Å². The summed E-state index contributed by atoms with van der Waals surface area (Å²) < 4.78 is 5.21. The molecule has 2 heterocycles. The van der Waals surface area contributed by atoms with E-state index in [2.05, 4.69) is 4.98 Å². The van der Waals surface area contributed by atoms with Crippen molar-refractivity contribution in [2.24, 2.45) is 5.73 Å². The van der Waals surface area contributed by atoms with E-state index >= 15 is 0 Å². The molecular weight excluding hydrogens is 196 g/mol. The van der Waals surface area contributed by atoms with Crippen LogP contribution in [0.2, 0.25) is 0 Å². The van der Waals surface area contributed by atoms with E-state index in [4.69, 9.17) is 10.2 Å². The Bertz CT molecular complexity index is 394. The van der Waals surface area contributed by atoms with Crippen LogP contribution in [-0.2, 0) is 6.42 Å². The Kier molecular flexibility index (Phi) is 2.65. The Hall–Kier alpha value is -1.13. The van der Waals surface area contributed by atoms with E-state index in [9.17, 15) is 0 Å². The Morgan fingerprint density at radius 1 is 1.64 bits per heavy atom. The minimum atomic E-state index is 0.00731. The number of rotatable bonds is 3. The number of thiazole rings is 1. The smallest absolute Gasteiger partial charge is 0.101 e. The molecule has 0 spiro atoms. The molecule has 0 saturated heterocycles. The number of hydrogen-bond donors (Lipinski definition) is 1. The maximum absolute atomic E-state index is 6.02. The van der Waals surface area contributed by atoms with Gasteiger partial charge in [-0.15, -0.1) is 11.3 Å². The number of hydrogen-bond acceptors (Lipinski definition) is 4. The molecule has 0 aromatic carbocycles. The summed E-state index contributed by atoms with van der Waals surface area (Å²) in [5.74, 6) is 0.903. The molecule has 3 nitrogen and oxygen atoms in total. The molecule has 2 aromatic heterocycles. The van der Waals surface area contributed by atoms with Gasteiger partial charge in [0.25, 0.3) is 0 Å². The third kappa shape index (κ3) is 2.02. The summed E-state index contributed by atoms with van der Waals surface area (Å²) in [4.78, 5) is 5.22. The first-order valence-electron chi connectivity index (χ1n) is 4.43. The van der Waals surface area contributed by atoms with Gasteiger partial charge in [-0.1, -0.05) is 0 Å². The highest BCUT2D eigenvalue weighted by Crippen LogP contribution is 2.19. The van der Waals surface area contributed by atoms with Crippen LogP contribution in [0, 0.1) is 6.92 Å². The lowest BCUT2D eigenvalue weighted by Gasteiger charge is -2.05. The zero-order valence-corrected chi connectivity index (χ0v) is 8.75. The van der Waals surface area contributed by atoms with Crippen LogP contribution < -0.4 is 5.73 Å². The van der Waals surface area contributed by atoms with Crippen LogP contribution in [0.3, 0.4) is 0 Å². The fourth-order valence-electron chi connectivity index (χ4n) is 1.34. The minimum absolute atomic E-state index is 0.00731. The van der Waals surface area contributed by atoms with Gasteiger partial charge in [0, 0.05) is 29.1 Å². The van der Waals surface area contributed by atoms with E-state index in [0.717, 1.165) is 17.7 Å². The average molecular weight is 208 g/mol. The monoisotopic (exact) mass is 208 g/mol. The summed E-state index contributed by atoms with van der Waals surface area (Å²) >= 11 is 1.63. The summed E-state index contributed by atoms with van der Waals surface area (Å²) in [6, 6.07) is 1.99. The van der Waals surface area contributed by atoms with Crippen molar-refractivity contribution >= 4 is 11.3 Å². The largest absolute Gasteiger partial charge is 0.469 e. The second kappa shape index (κ2) is 3.94. The lowest BCUT2D eigenvalue weighted by molar-refractivity contribution is 0.528. The maximum Gasteiger partial charge on any atom is 0.101 e. The number of nitrogens with zero attached hydrogens (tertiary/aromatic N) is 1. The van der Waals surface area contributed by atoms with Gasteiger partial charge in [0.05, 0.1) is 11.8 Å². The standard InChI is InChI=1S/C10H12N2OS/c1-7-2-8(5-13-7)10(11)3-9-4-12-6-14-9/h2,4-6,10H,3,11H2,1H3. The molecule has 0 radical (unpaired) electrons. The van der Waals surface area contributed by atoms with Crippen molar-refractivity contribution in [1.82, 2.24) is 4.98 Å². The first kappa shape index (κ1) is 9.43. The van der Waals surface area contributed by atoms with Crippen molar-refractivity contribution in [3.63, 3.8) is 0 Å².